The molecular formula is C29H40O3S. The van der Waals surface area contributed by atoms with Crippen LogP contribution in [0.3, 0.4) is 0 Å². The molecule has 2 saturated heterocycles. The van der Waals surface area contributed by atoms with E-state index in [0.717, 1.165) is 74.1 Å². The molecule has 2 aliphatic heterocycles. The Labute approximate surface area is 204 Å². The number of carboxylic acids is 1. The molecule has 33 heavy (non-hydrogen) atoms. The summed E-state index contributed by atoms with van der Waals surface area (Å²) in [6.07, 6.45) is 16.9. The van der Waals surface area contributed by atoms with Crippen LogP contribution < -0.4 is 0 Å². The molecule has 180 valence electrons. The molecule has 0 saturated carbocycles. The molecule has 1 N–H and O–H groups in total. The summed E-state index contributed by atoms with van der Waals surface area (Å²) in [5.74, 6) is 7.48. The van der Waals surface area contributed by atoms with Gasteiger partial charge in [-0.1, -0.05) is 48.9 Å². The third kappa shape index (κ3) is 9.59. The van der Waals surface area contributed by atoms with Gasteiger partial charge in [0.2, 0.25) is 0 Å². The molecular weight excluding hydrogens is 428 g/mol. The Morgan fingerprint density at radius 3 is 2.61 bits per heavy atom. The van der Waals surface area contributed by atoms with E-state index in [9.17, 15) is 4.79 Å². The topological polar surface area (TPSA) is 46.5 Å². The number of hydrogen-bond donors (Lipinski definition) is 1. The first-order chi connectivity index (χ1) is 16.2. The minimum Gasteiger partial charge on any atom is -0.481 e. The van der Waals surface area contributed by atoms with Crippen molar-refractivity contribution in [2.75, 3.05) is 13.2 Å². The standard InChI is InChI=1S/C29H40O3S/c30-29(31)19-10-2-1-9-17-25-26(28-21-20-27(25)33-28)18-11-13-23-32-22-12-4-3-6-14-24-15-7-5-8-16-24/h1,5,7-9,15-16,25-28H,2,6,10-14,17-23H2,(H,30,31)/b9-1-/t25-,26+,27?,28+/m1/s1. The molecule has 3 nitrogen and oxygen atoms in total. The second-order valence-corrected chi connectivity index (χ2v) is 10.8. The summed E-state index contributed by atoms with van der Waals surface area (Å²) >= 11 is 2.24. The smallest absolute Gasteiger partial charge is 0.303 e. The number of carbonyl (C=O) groups is 1. The molecule has 0 aromatic heterocycles. The second-order valence-electron chi connectivity index (χ2n) is 9.31. The highest BCUT2D eigenvalue weighted by atomic mass is 32.2. The lowest BCUT2D eigenvalue weighted by Gasteiger charge is -2.29. The Balaban J connectivity index is 1.21. The number of aliphatic carboxylic acids is 1. The Morgan fingerprint density at radius 2 is 1.79 bits per heavy atom. The highest BCUT2D eigenvalue weighted by Gasteiger charge is 2.46. The van der Waals surface area contributed by atoms with E-state index in [2.05, 4.69) is 66.1 Å². The molecule has 1 unspecified atom stereocenters. The van der Waals surface area contributed by atoms with E-state index in [-0.39, 0.29) is 6.42 Å². The number of hydrogen-bond acceptors (Lipinski definition) is 3. The molecule has 2 bridgehead atoms. The SMILES string of the molecule is O=C(O)CCC/C=C\C[C@H]1C2CC[C@H](S2)[C@H]1CCCCOCCC#CCCc1ccccc1. The van der Waals surface area contributed by atoms with Crippen molar-refractivity contribution in [3.63, 3.8) is 0 Å². The molecule has 2 aliphatic rings. The lowest BCUT2D eigenvalue weighted by Crippen LogP contribution is -2.26. The van der Waals surface area contributed by atoms with E-state index in [0.29, 0.717) is 0 Å². The fourth-order valence-electron chi connectivity index (χ4n) is 5.18. The van der Waals surface area contributed by atoms with E-state index >= 15 is 0 Å². The van der Waals surface area contributed by atoms with Gasteiger partial charge in [-0.15, -0.1) is 11.8 Å². The summed E-state index contributed by atoms with van der Waals surface area (Å²) in [5.41, 5.74) is 1.35. The van der Waals surface area contributed by atoms with Crippen molar-refractivity contribution < 1.29 is 14.6 Å². The van der Waals surface area contributed by atoms with Crippen molar-refractivity contribution in [3.05, 3.63) is 48.0 Å². The number of ether oxygens (including phenoxy) is 1. The van der Waals surface area contributed by atoms with Gasteiger partial charge in [-0.25, -0.2) is 0 Å². The number of fused-ring (bicyclic) bond motifs is 2. The maximum absolute atomic E-state index is 10.6. The van der Waals surface area contributed by atoms with E-state index < -0.39 is 5.97 Å². The minimum atomic E-state index is -0.691. The van der Waals surface area contributed by atoms with Crippen molar-refractivity contribution in [2.45, 2.75) is 87.5 Å². The van der Waals surface area contributed by atoms with Crippen LogP contribution in [0, 0.1) is 23.7 Å². The normalized spacial score (nSPS) is 23.6. The number of unbranched alkanes of at least 4 members (excludes halogenated alkanes) is 2. The maximum Gasteiger partial charge on any atom is 0.303 e. The van der Waals surface area contributed by atoms with Gasteiger partial charge >= 0.3 is 5.97 Å². The van der Waals surface area contributed by atoms with Crippen LogP contribution in [0.2, 0.25) is 0 Å². The number of allylic oxidation sites excluding steroid dienone is 2. The van der Waals surface area contributed by atoms with Crippen LogP contribution in [0.1, 0.15) is 76.2 Å². The van der Waals surface area contributed by atoms with Crippen LogP contribution in [0.25, 0.3) is 0 Å². The first kappa shape index (κ1) is 25.9. The molecule has 4 atom stereocenters. The molecule has 2 heterocycles. The predicted octanol–water partition coefficient (Wildman–Crippen LogP) is 6.91. The molecule has 2 fully saturated rings. The van der Waals surface area contributed by atoms with Crippen molar-refractivity contribution in [1.29, 1.82) is 0 Å². The Kier molecular flexibility index (Phi) is 12.0. The molecule has 0 aliphatic carbocycles. The van der Waals surface area contributed by atoms with E-state index in [1.807, 2.05) is 0 Å². The molecule has 0 spiro atoms. The average molecular weight is 469 g/mol. The van der Waals surface area contributed by atoms with Gasteiger partial charge in [-0.3, -0.25) is 4.79 Å². The van der Waals surface area contributed by atoms with Gasteiger partial charge in [0.05, 0.1) is 6.61 Å². The number of aryl methyl sites for hydroxylation is 1. The van der Waals surface area contributed by atoms with Crippen molar-refractivity contribution in [1.82, 2.24) is 0 Å². The van der Waals surface area contributed by atoms with Gasteiger partial charge in [-0.2, -0.15) is 11.8 Å². The number of benzene rings is 1. The molecule has 3 rings (SSSR count). The first-order valence-corrected chi connectivity index (χ1v) is 13.8. The Hall–Kier alpha value is -1.70. The highest BCUT2D eigenvalue weighted by molar-refractivity contribution is 8.01. The summed E-state index contributed by atoms with van der Waals surface area (Å²) in [6, 6.07) is 10.5. The van der Waals surface area contributed by atoms with Crippen LogP contribution in [0.15, 0.2) is 42.5 Å². The van der Waals surface area contributed by atoms with Crippen molar-refractivity contribution in [2.24, 2.45) is 11.8 Å². The quantitative estimate of drug-likeness (QED) is 0.173. The van der Waals surface area contributed by atoms with Crippen LogP contribution in [0.4, 0.5) is 0 Å². The fraction of sp³-hybridized carbons (Fsp3) is 0.621. The van der Waals surface area contributed by atoms with Crippen LogP contribution in [0.5, 0.6) is 0 Å². The summed E-state index contributed by atoms with van der Waals surface area (Å²) < 4.78 is 5.81. The predicted molar refractivity (Wildman–Crippen MR) is 138 cm³/mol. The zero-order valence-electron chi connectivity index (χ0n) is 19.9. The monoisotopic (exact) mass is 468 g/mol. The van der Waals surface area contributed by atoms with E-state index in [1.54, 1.807) is 0 Å². The Morgan fingerprint density at radius 1 is 1.00 bits per heavy atom. The zero-order valence-corrected chi connectivity index (χ0v) is 20.7. The lowest BCUT2D eigenvalue weighted by molar-refractivity contribution is -0.137. The molecule has 0 radical (unpaired) electrons. The summed E-state index contributed by atoms with van der Waals surface area (Å²) in [5, 5.41) is 10.5. The van der Waals surface area contributed by atoms with Crippen LogP contribution in [-0.2, 0) is 16.0 Å². The molecule has 4 heteroatoms. The van der Waals surface area contributed by atoms with Gasteiger partial charge in [0.1, 0.15) is 0 Å². The largest absolute Gasteiger partial charge is 0.481 e. The lowest BCUT2D eigenvalue weighted by atomic mass is 9.75. The van der Waals surface area contributed by atoms with Gasteiger partial charge in [0.25, 0.3) is 0 Å². The fourth-order valence-corrected chi connectivity index (χ4v) is 7.23. The molecule has 1 aromatic rings. The first-order valence-electron chi connectivity index (χ1n) is 12.8. The van der Waals surface area contributed by atoms with Crippen LogP contribution >= 0.6 is 11.8 Å². The number of rotatable bonds is 15. The van der Waals surface area contributed by atoms with Gasteiger partial charge in [-0.05, 0) is 68.8 Å². The van der Waals surface area contributed by atoms with Gasteiger partial charge in [0.15, 0.2) is 0 Å². The maximum atomic E-state index is 10.6. The van der Waals surface area contributed by atoms with E-state index in [1.165, 1.54) is 37.7 Å². The van der Waals surface area contributed by atoms with Crippen molar-refractivity contribution >= 4 is 17.7 Å². The molecule has 1 aromatic carbocycles. The van der Waals surface area contributed by atoms with Gasteiger partial charge < -0.3 is 9.84 Å². The summed E-state index contributed by atoms with van der Waals surface area (Å²) in [4.78, 5) is 10.6. The molecule has 0 amide bonds. The second kappa shape index (κ2) is 15.3. The zero-order chi connectivity index (χ0) is 23.1. The summed E-state index contributed by atoms with van der Waals surface area (Å²) in [7, 11) is 0. The van der Waals surface area contributed by atoms with Gasteiger partial charge in [0, 0.05) is 36.4 Å². The number of thioether (sulfide) groups is 1. The third-order valence-corrected chi connectivity index (χ3v) is 8.75. The van der Waals surface area contributed by atoms with Crippen LogP contribution in [-0.4, -0.2) is 34.8 Å². The van der Waals surface area contributed by atoms with E-state index in [4.69, 9.17) is 9.84 Å². The number of carboxylic acid groups (broad SMARTS) is 1. The third-order valence-electron chi connectivity index (χ3n) is 6.88. The Bertz CT molecular complexity index is 779. The average Bonchev–Trinajstić information content (AvgIpc) is 3.42. The minimum absolute atomic E-state index is 0.278. The highest BCUT2D eigenvalue weighted by Crippen LogP contribution is 2.55. The van der Waals surface area contributed by atoms with Crippen molar-refractivity contribution in [3.8, 4) is 11.8 Å². The summed E-state index contributed by atoms with van der Waals surface area (Å²) in [6.45, 7) is 1.60.